The van der Waals surface area contributed by atoms with Crippen molar-refractivity contribution in [1.29, 1.82) is 0 Å². The minimum absolute atomic E-state index is 0.480. The summed E-state index contributed by atoms with van der Waals surface area (Å²) in [5.74, 6) is 0.480. The summed E-state index contributed by atoms with van der Waals surface area (Å²) in [5, 5.41) is 2.95. The SMILES string of the molecule is Cc1cnc2c(c1)nc(N)n2Cc1nccs1. The zero-order valence-electron chi connectivity index (χ0n) is 9.29. The molecule has 0 aliphatic carbocycles. The van der Waals surface area contributed by atoms with Crippen LogP contribution in [0.25, 0.3) is 11.2 Å². The number of aryl methyl sites for hydroxylation is 1. The number of fused-ring (bicyclic) bond motifs is 1. The van der Waals surface area contributed by atoms with Crippen LogP contribution in [0.4, 0.5) is 5.95 Å². The fraction of sp³-hybridized carbons (Fsp3) is 0.182. The average Bonchev–Trinajstić information content (AvgIpc) is 2.88. The van der Waals surface area contributed by atoms with Crippen molar-refractivity contribution in [3.8, 4) is 0 Å². The molecule has 17 heavy (non-hydrogen) atoms. The number of nitrogens with two attached hydrogens (primary N) is 1. The molecule has 0 bridgehead atoms. The van der Waals surface area contributed by atoms with Crippen molar-refractivity contribution in [1.82, 2.24) is 19.5 Å². The van der Waals surface area contributed by atoms with Crippen LogP contribution in [0.3, 0.4) is 0 Å². The highest BCUT2D eigenvalue weighted by Crippen LogP contribution is 2.18. The van der Waals surface area contributed by atoms with Gasteiger partial charge in [0.05, 0.1) is 6.54 Å². The number of anilines is 1. The van der Waals surface area contributed by atoms with Crippen LogP contribution in [0.2, 0.25) is 0 Å². The summed E-state index contributed by atoms with van der Waals surface area (Å²) in [6.07, 6.45) is 3.61. The van der Waals surface area contributed by atoms with E-state index in [4.69, 9.17) is 5.73 Å². The maximum absolute atomic E-state index is 5.91. The van der Waals surface area contributed by atoms with Gasteiger partial charge in [-0.15, -0.1) is 11.3 Å². The van der Waals surface area contributed by atoms with Gasteiger partial charge in [0.2, 0.25) is 5.95 Å². The lowest BCUT2D eigenvalue weighted by molar-refractivity contribution is 0.819. The molecule has 0 spiro atoms. The molecule has 0 saturated carbocycles. The van der Waals surface area contributed by atoms with Gasteiger partial charge < -0.3 is 5.73 Å². The number of aromatic nitrogens is 4. The molecule has 3 rings (SSSR count). The summed E-state index contributed by atoms with van der Waals surface area (Å²) >= 11 is 1.60. The van der Waals surface area contributed by atoms with Gasteiger partial charge in [-0.3, -0.25) is 4.57 Å². The lowest BCUT2D eigenvalue weighted by Crippen LogP contribution is -2.04. The average molecular weight is 245 g/mol. The monoisotopic (exact) mass is 245 g/mol. The van der Waals surface area contributed by atoms with Gasteiger partial charge >= 0.3 is 0 Å². The molecule has 0 atom stereocenters. The summed E-state index contributed by atoms with van der Waals surface area (Å²) < 4.78 is 1.88. The minimum atomic E-state index is 0.480. The molecule has 0 aliphatic heterocycles. The van der Waals surface area contributed by atoms with E-state index in [1.165, 1.54) is 0 Å². The molecule has 5 nitrogen and oxygen atoms in total. The molecule has 0 amide bonds. The Bertz CT molecular complexity index is 656. The molecule has 3 aromatic heterocycles. The molecule has 3 aromatic rings. The second-order valence-electron chi connectivity index (χ2n) is 3.84. The van der Waals surface area contributed by atoms with Crippen molar-refractivity contribution in [2.45, 2.75) is 13.5 Å². The number of thiazole rings is 1. The Kier molecular flexibility index (Phi) is 2.29. The summed E-state index contributed by atoms with van der Waals surface area (Å²) in [6, 6.07) is 1.98. The van der Waals surface area contributed by atoms with Gasteiger partial charge in [0.1, 0.15) is 10.5 Å². The van der Waals surface area contributed by atoms with E-state index in [9.17, 15) is 0 Å². The Morgan fingerprint density at radius 1 is 1.41 bits per heavy atom. The van der Waals surface area contributed by atoms with E-state index in [1.807, 2.05) is 29.1 Å². The van der Waals surface area contributed by atoms with Crippen LogP contribution in [0.5, 0.6) is 0 Å². The Balaban J connectivity index is 2.12. The molecule has 0 radical (unpaired) electrons. The molecule has 0 saturated heterocycles. The highest BCUT2D eigenvalue weighted by atomic mass is 32.1. The van der Waals surface area contributed by atoms with Crippen LogP contribution >= 0.6 is 11.3 Å². The second kappa shape index (κ2) is 3.81. The third kappa shape index (κ3) is 1.76. The molecule has 0 aliphatic rings. The van der Waals surface area contributed by atoms with Crippen molar-refractivity contribution >= 4 is 28.4 Å². The van der Waals surface area contributed by atoms with Crippen LogP contribution < -0.4 is 5.73 Å². The number of nitrogen functional groups attached to an aromatic ring is 1. The maximum Gasteiger partial charge on any atom is 0.202 e. The van der Waals surface area contributed by atoms with Crippen LogP contribution in [-0.2, 0) is 6.54 Å². The van der Waals surface area contributed by atoms with Gasteiger partial charge in [0, 0.05) is 17.8 Å². The number of rotatable bonds is 2. The molecule has 0 fully saturated rings. The summed E-state index contributed by atoms with van der Waals surface area (Å²) in [4.78, 5) is 12.9. The zero-order chi connectivity index (χ0) is 11.8. The summed E-state index contributed by atoms with van der Waals surface area (Å²) in [6.45, 7) is 2.61. The first-order valence-electron chi connectivity index (χ1n) is 5.21. The Labute approximate surface area is 102 Å². The van der Waals surface area contributed by atoms with Gasteiger partial charge in [-0.1, -0.05) is 0 Å². The van der Waals surface area contributed by atoms with Crippen molar-refractivity contribution in [3.63, 3.8) is 0 Å². The number of nitrogens with zero attached hydrogens (tertiary/aromatic N) is 4. The van der Waals surface area contributed by atoms with Crippen molar-refractivity contribution in [2.75, 3.05) is 5.73 Å². The lowest BCUT2D eigenvalue weighted by Gasteiger charge is -2.02. The molecular formula is C11H11N5S. The number of hydrogen-bond donors (Lipinski definition) is 1. The van der Waals surface area contributed by atoms with Crippen molar-refractivity contribution in [3.05, 3.63) is 34.4 Å². The van der Waals surface area contributed by atoms with E-state index >= 15 is 0 Å². The minimum Gasteiger partial charge on any atom is -0.369 e. The van der Waals surface area contributed by atoms with Gasteiger partial charge in [0.25, 0.3) is 0 Å². The topological polar surface area (TPSA) is 69.6 Å². The van der Waals surface area contributed by atoms with E-state index in [2.05, 4.69) is 15.0 Å². The lowest BCUT2D eigenvalue weighted by atomic mass is 10.3. The largest absolute Gasteiger partial charge is 0.369 e. The third-order valence-electron chi connectivity index (χ3n) is 2.53. The smallest absolute Gasteiger partial charge is 0.202 e. The standard InChI is InChI=1S/C11H11N5S/c1-7-4-8-10(14-5-7)16(11(12)15-8)6-9-13-2-3-17-9/h2-5H,6H2,1H3,(H2,12,15). The number of imidazole rings is 1. The molecular weight excluding hydrogens is 234 g/mol. The van der Waals surface area contributed by atoms with E-state index in [1.54, 1.807) is 17.5 Å². The molecule has 86 valence electrons. The first kappa shape index (κ1) is 10.2. The highest BCUT2D eigenvalue weighted by Gasteiger charge is 2.10. The summed E-state index contributed by atoms with van der Waals surface area (Å²) in [7, 11) is 0. The number of hydrogen-bond acceptors (Lipinski definition) is 5. The molecule has 6 heteroatoms. The van der Waals surface area contributed by atoms with Gasteiger partial charge in [-0.25, -0.2) is 15.0 Å². The molecule has 3 heterocycles. The number of pyridine rings is 1. The first-order chi connectivity index (χ1) is 8.24. The van der Waals surface area contributed by atoms with Crippen LogP contribution in [-0.4, -0.2) is 19.5 Å². The quantitative estimate of drug-likeness (QED) is 0.747. The Morgan fingerprint density at radius 3 is 3.06 bits per heavy atom. The van der Waals surface area contributed by atoms with Crippen LogP contribution in [0.1, 0.15) is 10.6 Å². The molecule has 0 aromatic carbocycles. The van der Waals surface area contributed by atoms with Gasteiger partial charge in [-0.2, -0.15) is 0 Å². The molecule has 2 N–H and O–H groups in total. The van der Waals surface area contributed by atoms with E-state index < -0.39 is 0 Å². The van der Waals surface area contributed by atoms with E-state index in [0.29, 0.717) is 12.5 Å². The zero-order valence-corrected chi connectivity index (χ0v) is 10.1. The van der Waals surface area contributed by atoms with Gasteiger partial charge in [-0.05, 0) is 18.6 Å². The van der Waals surface area contributed by atoms with Crippen LogP contribution in [0.15, 0.2) is 23.8 Å². The fourth-order valence-electron chi connectivity index (χ4n) is 1.75. The Morgan fingerprint density at radius 2 is 2.29 bits per heavy atom. The highest BCUT2D eigenvalue weighted by molar-refractivity contribution is 7.09. The normalized spacial score (nSPS) is 11.1. The van der Waals surface area contributed by atoms with Crippen molar-refractivity contribution < 1.29 is 0 Å². The van der Waals surface area contributed by atoms with Gasteiger partial charge in [0.15, 0.2) is 5.65 Å². The van der Waals surface area contributed by atoms with Crippen LogP contribution in [0, 0.1) is 6.92 Å². The van der Waals surface area contributed by atoms with E-state index in [0.717, 1.165) is 21.7 Å². The predicted molar refractivity (Wildman–Crippen MR) is 67.9 cm³/mol. The van der Waals surface area contributed by atoms with E-state index in [-0.39, 0.29) is 0 Å². The third-order valence-corrected chi connectivity index (χ3v) is 3.29. The first-order valence-corrected chi connectivity index (χ1v) is 6.09. The predicted octanol–water partition coefficient (Wildman–Crippen LogP) is 1.83. The molecule has 0 unspecified atom stereocenters. The fourth-order valence-corrected chi connectivity index (χ4v) is 2.36. The summed E-state index contributed by atoms with van der Waals surface area (Å²) in [5.41, 5.74) is 8.63. The second-order valence-corrected chi connectivity index (χ2v) is 4.82. The maximum atomic E-state index is 5.91. The Hall–Kier alpha value is -1.95. The van der Waals surface area contributed by atoms with Crippen molar-refractivity contribution in [2.24, 2.45) is 0 Å².